The van der Waals surface area contributed by atoms with Crippen molar-refractivity contribution in [3.8, 4) is 0 Å². The van der Waals surface area contributed by atoms with Gasteiger partial charge in [0.25, 0.3) is 0 Å². The number of hydrogen-bond donors (Lipinski definition) is 1. The summed E-state index contributed by atoms with van der Waals surface area (Å²) in [6, 6.07) is 9.64. The minimum Gasteiger partial charge on any atom is -0.371 e. The molecule has 1 unspecified atom stereocenters. The van der Waals surface area contributed by atoms with E-state index >= 15 is 0 Å². The minimum absolute atomic E-state index is 0.0123. The smallest absolute Gasteiger partial charge is 0.168 e. The molecular weight excluding hydrogens is 300 g/mol. The summed E-state index contributed by atoms with van der Waals surface area (Å²) in [5.41, 5.74) is 2.64. The molecule has 5 heteroatoms. The molecule has 114 valence electrons. The fourth-order valence-electron chi connectivity index (χ4n) is 2.48. The third-order valence-corrected chi connectivity index (χ3v) is 3.88. The number of ketones is 1. The predicted octanol–water partition coefficient (Wildman–Crippen LogP) is 2.82. The molecule has 1 aliphatic heterocycles. The molecule has 1 fully saturated rings. The monoisotopic (exact) mass is 316 g/mol. The summed E-state index contributed by atoms with van der Waals surface area (Å²) in [6.45, 7) is 2.45. The highest BCUT2D eigenvalue weighted by molar-refractivity contribution is 6.30. The molecule has 2 aromatic rings. The molecule has 2 heterocycles. The Morgan fingerprint density at radius 1 is 1.32 bits per heavy atom. The average molecular weight is 317 g/mol. The molecule has 0 radical (unpaired) electrons. The lowest BCUT2D eigenvalue weighted by molar-refractivity contribution is 0.0277. The summed E-state index contributed by atoms with van der Waals surface area (Å²) in [5.74, 6) is 0.0123. The number of nitrogens with one attached hydrogen (secondary N) is 1. The summed E-state index contributed by atoms with van der Waals surface area (Å²) in [7, 11) is 0. The highest BCUT2D eigenvalue weighted by Crippen LogP contribution is 2.20. The second kappa shape index (κ2) is 7.01. The molecule has 1 saturated heterocycles. The summed E-state index contributed by atoms with van der Waals surface area (Å²) >= 11 is 5.86. The Balaban J connectivity index is 1.66. The fourth-order valence-corrected chi connectivity index (χ4v) is 2.66. The van der Waals surface area contributed by atoms with Crippen molar-refractivity contribution in [1.29, 1.82) is 0 Å². The van der Waals surface area contributed by atoms with E-state index in [-0.39, 0.29) is 11.9 Å². The number of carbonyl (C=O) groups excluding carboxylic acids is 1. The number of morpholine rings is 1. The van der Waals surface area contributed by atoms with Gasteiger partial charge in [-0.15, -0.1) is 0 Å². The van der Waals surface area contributed by atoms with Crippen LogP contribution < -0.4 is 5.32 Å². The first kappa shape index (κ1) is 15.2. The first-order valence-electron chi connectivity index (χ1n) is 7.27. The maximum atomic E-state index is 12.2. The van der Waals surface area contributed by atoms with Crippen molar-refractivity contribution in [1.82, 2.24) is 10.3 Å². The lowest BCUT2D eigenvalue weighted by Gasteiger charge is -2.24. The third kappa shape index (κ3) is 3.71. The quantitative estimate of drug-likeness (QED) is 0.881. The molecule has 1 aromatic heterocycles. The number of pyridine rings is 1. The van der Waals surface area contributed by atoms with Crippen LogP contribution in [-0.2, 0) is 11.2 Å². The van der Waals surface area contributed by atoms with Crippen molar-refractivity contribution in [2.45, 2.75) is 12.5 Å². The Hall–Kier alpha value is -1.75. The SMILES string of the molecule is O=C(Cc1ccc(C2CNCCO2)cc1)c1cncc(Cl)c1. The van der Waals surface area contributed by atoms with E-state index in [4.69, 9.17) is 16.3 Å². The van der Waals surface area contributed by atoms with Crippen LogP contribution >= 0.6 is 11.6 Å². The highest BCUT2D eigenvalue weighted by Gasteiger charge is 2.15. The van der Waals surface area contributed by atoms with Crippen LogP contribution in [0.5, 0.6) is 0 Å². The van der Waals surface area contributed by atoms with Gasteiger partial charge in [-0.05, 0) is 17.2 Å². The van der Waals surface area contributed by atoms with E-state index in [0.717, 1.165) is 30.8 Å². The number of halogens is 1. The summed E-state index contributed by atoms with van der Waals surface area (Å²) in [6.07, 6.45) is 3.50. The lowest BCUT2D eigenvalue weighted by atomic mass is 10.0. The van der Waals surface area contributed by atoms with Crippen molar-refractivity contribution >= 4 is 17.4 Å². The molecule has 0 amide bonds. The molecule has 0 spiro atoms. The van der Waals surface area contributed by atoms with Crippen LogP contribution in [0.15, 0.2) is 42.7 Å². The standard InChI is InChI=1S/C17H17ClN2O2/c18-15-8-14(9-20-10-15)16(21)7-12-1-3-13(4-2-12)17-11-19-5-6-22-17/h1-4,8-10,17,19H,5-7,11H2. The Bertz CT molecular complexity index is 652. The van der Waals surface area contributed by atoms with Crippen LogP contribution in [0.3, 0.4) is 0 Å². The number of ether oxygens (including phenoxy) is 1. The van der Waals surface area contributed by atoms with E-state index in [1.807, 2.05) is 24.3 Å². The third-order valence-electron chi connectivity index (χ3n) is 3.67. The molecule has 1 N–H and O–H groups in total. The predicted molar refractivity (Wildman–Crippen MR) is 85.3 cm³/mol. The van der Waals surface area contributed by atoms with Crippen LogP contribution in [0.25, 0.3) is 0 Å². The Kier molecular flexibility index (Phi) is 4.83. The molecule has 1 aromatic carbocycles. The van der Waals surface area contributed by atoms with Crippen LogP contribution in [0, 0.1) is 0 Å². The Labute approximate surface area is 134 Å². The van der Waals surface area contributed by atoms with Crippen molar-refractivity contribution < 1.29 is 9.53 Å². The van der Waals surface area contributed by atoms with E-state index in [0.29, 0.717) is 17.0 Å². The van der Waals surface area contributed by atoms with Gasteiger partial charge in [0.05, 0.1) is 17.7 Å². The molecule has 4 nitrogen and oxygen atoms in total. The zero-order valence-corrected chi connectivity index (χ0v) is 12.8. The van der Waals surface area contributed by atoms with Gasteiger partial charge < -0.3 is 10.1 Å². The van der Waals surface area contributed by atoms with E-state index in [1.54, 1.807) is 12.3 Å². The number of nitrogens with zero attached hydrogens (tertiary/aromatic N) is 1. The minimum atomic E-state index is 0.0123. The fraction of sp³-hybridized carbons (Fsp3) is 0.294. The van der Waals surface area contributed by atoms with Crippen molar-refractivity contribution in [3.05, 3.63) is 64.4 Å². The zero-order chi connectivity index (χ0) is 15.4. The normalized spacial score (nSPS) is 18.1. The molecular formula is C17H17ClN2O2. The van der Waals surface area contributed by atoms with Crippen molar-refractivity contribution in [2.75, 3.05) is 19.7 Å². The van der Waals surface area contributed by atoms with Gasteiger partial charge in [-0.3, -0.25) is 9.78 Å². The number of hydrogen-bond acceptors (Lipinski definition) is 4. The number of benzene rings is 1. The molecule has 0 saturated carbocycles. The lowest BCUT2D eigenvalue weighted by Crippen LogP contribution is -2.33. The van der Waals surface area contributed by atoms with Crippen LogP contribution in [0.1, 0.15) is 27.6 Å². The average Bonchev–Trinajstić information content (AvgIpc) is 2.56. The Morgan fingerprint density at radius 2 is 2.14 bits per heavy atom. The maximum Gasteiger partial charge on any atom is 0.168 e. The maximum absolute atomic E-state index is 12.2. The van der Waals surface area contributed by atoms with Gasteiger partial charge in [0.1, 0.15) is 0 Å². The zero-order valence-electron chi connectivity index (χ0n) is 12.1. The van der Waals surface area contributed by atoms with Gasteiger partial charge >= 0.3 is 0 Å². The van der Waals surface area contributed by atoms with E-state index in [1.165, 1.54) is 6.20 Å². The van der Waals surface area contributed by atoms with Gasteiger partial charge in [0.15, 0.2) is 5.78 Å². The van der Waals surface area contributed by atoms with Crippen molar-refractivity contribution in [3.63, 3.8) is 0 Å². The molecule has 1 aliphatic rings. The van der Waals surface area contributed by atoms with Crippen LogP contribution in [0.2, 0.25) is 5.02 Å². The Morgan fingerprint density at radius 3 is 2.82 bits per heavy atom. The first-order valence-corrected chi connectivity index (χ1v) is 7.65. The molecule has 3 rings (SSSR count). The largest absolute Gasteiger partial charge is 0.371 e. The molecule has 0 bridgehead atoms. The number of rotatable bonds is 4. The van der Waals surface area contributed by atoms with Gasteiger partial charge in [-0.1, -0.05) is 35.9 Å². The molecule has 1 atom stereocenters. The van der Waals surface area contributed by atoms with Crippen molar-refractivity contribution in [2.24, 2.45) is 0 Å². The summed E-state index contributed by atoms with van der Waals surface area (Å²) in [4.78, 5) is 16.2. The van der Waals surface area contributed by atoms with Gasteiger partial charge in [-0.25, -0.2) is 0 Å². The van der Waals surface area contributed by atoms with Crippen LogP contribution in [0.4, 0.5) is 0 Å². The van der Waals surface area contributed by atoms with E-state index in [2.05, 4.69) is 10.3 Å². The molecule has 0 aliphatic carbocycles. The topological polar surface area (TPSA) is 51.2 Å². The van der Waals surface area contributed by atoms with E-state index in [9.17, 15) is 4.79 Å². The number of carbonyl (C=O) groups is 1. The number of aromatic nitrogens is 1. The molecule has 22 heavy (non-hydrogen) atoms. The first-order chi connectivity index (χ1) is 10.7. The highest BCUT2D eigenvalue weighted by atomic mass is 35.5. The van der Waals surface area contributed by atoms with Crippen LogP contribution in [-0.4, -0.2) is 30.5 Å². The van der Waals surface area contributed by atoms with Gasteiger partial charge in [0, 0.05) is 37.5 Å². The second-order valence-corrected chi connectivity index (χ2v) is 5.73. The summed E-state index contributed by atoms with van der Waals surface area (Å²) < 4.78 is 5.72. The van der Waals surface area contributed by atoms with E-state index < -0.39 is 0 Å². The number of Topliss-reactive ketones (excluding diaryl/α,β-unsaturated/α-hetero) is 1. The van der Waals surface area contributed by atoms with Gasteiger partial charge in [0.2, 0.25) is 0 Å². The van der Waals surface area contributed by atoms with Gasteiger partial charge in [-0.2, -0.15) is 0 Å². The summed E-state index contributed by atoms with van der Waals surface area (Å²) in [5, 5.41) is 3.78. The second-order valence-electron chi connectivity index (χ2n) is 5.30.